The van der Waals surface area contributed by atoms with Crippen LogP contribution in [0.1, 0.15) is 16.2 Å². The van der Waals surface area contributed by atoms with E-state index in [1.807, 2.05) is 0 Å². The Morgan fingerprint density at radius 3 is 2.79 bits per heavy atom. The summed E-state index contributed by atoms with van der Waals surface area (Å²) in [7, 11) is 2.85. The number of aryl methyl sites for hydroxylation is 1. The van der Waals surface area contributed by atoms with E-state index in [0.29, 0.717) is 5.69 Å². The third-order valence-corrected chi connectivity index (χ3v) is 1.88. The second-order valence-electron chi connectivity index (χ2n) is 2.64. The van der Waals surface area contributed by atoms with Crippen molar-refractivity contribution in [2.24, 2.45) is 0 Å². The lowest BCUT2D eigenvalue weighted by atomic mass is 10.4. The first-order valence-electron chi connectivity index (χ1n) is 3.87. The summed E-state index contributed by atoms with van der Waals surface area (Å²) in [5, 5.41) is 1.12. The van der Waals surface area contributed by atoms with Gasteiger partial charge in [-0.05, 0) is 6.92 Å². The zero-order chi connectivity index (χ0) is 10.7. The highest BCUT2D eigenvalue weighted by Gasteiger charge is 2.17. The number of amides is 1. The molecule has 0 saturated heterocycles. The number of hydrogen-bond donors (Lipinski definition) is 0. The van der Waals surface area contributed by atoms with Gasteiger partial charge in [0.2, 0.25) is 0 Å². The fourth-order valence-electron chi connectivity index (χ4n) is 0.823. The van der Waals surface area contributed by atoms with Gasteiger partial charge in [-0.1, -0.05) is 11.6 Å². The molecule has 76 valence electrons. The molecule has 1 rings (SSSR count). The van der Waals surface area contributed by atoms with Gasteiger partial charge in [0.1, 0.15) is 0 Å². The van der Waals surface area contributed by atoms with Gasteiger partial charge in [-0.2, -0.15) is 0 Å². The van der Waals surface area contributed by atoms with Crippen molar-refractivity contribution in [2.45, 2.75) is 6.92 Å². The Morgan fingerprint density at radius 2 is 2.29 bits per heavy atom. The minimum absolute atomic E-state index is 0.0823. The van der Waals surface area contributed by atoms with Crippen LogP contribution in [0.2, 0.25) is 5.15 Å². The molecule has 0 N–H and O–H groups in total. The average Bonchev–Trinajstić information content (AvgIpc) is 2.15. The Bertz CT molecular complexity index is 356. The van der Waals surface area contributed by atoms with Gasteiger partial charge in [0.05, 0.1) is 12.8 Å². The number of halogens is 1. The molecule has 1 aromatic heterocycles. The number of hydrogen-bond acceptors (Lipinski definition) is 4. The predicted octanol–water partition coefficient (Wildman–Crippen LogP) is 1.07. The Balaban J connectivity index is 3.02. The summed E-state index contributed by atoms with van der Waals surface area (Å²) in [5.74, 6) is -0.426. The molecule has 0 spiro atoms. The standard InChI is InChI=1S/C8H10ClN3O2/c1-5-4-10-6(7(9)11-5)8(13)12(2)14-3/h4H,1-3H3. The molecule has 0 unspecified atom stereocenters. The molecule has 1 amide bonds. The molecule has 0 aromatic carbocycles. The van der Waals surface area contributed by atoms with Crippen LogP contribution in [0.15, 0.2) is 6.20 Å². The summed E-state index contributed by atoms with van der Waals surface area (Å²) in [4.78, 5) is 24.0. The molecular weight excluding hydrogens is 206 g/mol. The number of aromatic nitrogens is 2. The molecule has 0 aliphatic rings. The highest BCUT2D eigenvalue weighted by Crippen LogP contribution is 2.12. The van der Waals surface area contributed by atoms with Crippen molar-refractivity contribution in [3.8, 4) is 0 Å². The van der Waals surface area contributed by atoms with Crippen molar-refractivity contribution in [1.82, 2.24) is 15.0 Å². The Labute approximate surface area is 86.6 Å². The summed E-state index contributed by atoms with van der Waals surface area (Å²) >= 11 is 5.75. The highest BCUT2D eigenvalue weighted by atomic mass is 35.5. The Morgan fingerprint density at radius 1 is 1.64 bits per heavy atom. The first-order chi connectivity index (χ1) is 6.56. The van der Waals surface area contributed by atoms with Crippen molar-refractivity contribution in [2.75, 3.05) is 14.2 Å². The van der Waals surface area contributed by atoms with Crippen molar-refractivity contribution in [3.63, 3.8) is 0 Å². The molecule has 1 heterocycles. The van der Waals surface area contributed by atoms with Gasteiger partial charge < -0.3 is 0 Å². The number of rotatable bonds is 2. The van der Waals surface area contributed by atoms with E-state index >= 15 is 0 Å². The van der Waals surface area contributed by atoms with Crippen LogP contribution < -0.4 is 0 Å². The van der Waals surface area contributed by atoms with E-state index in [1.54, 1.807) is 6.92 Å². The molecule has 5 nitrogen and oxygen atoms in total. The van der Waals surface area contributed by atoms with Gasteiger partial charge in [0.25, 0.3) is 5.91 Å². The second kappa shape index (κ2) is 4.34. The molecule has 0 aliphatic carbocycles. The van der Waals surface area contributed by atoms with E-state index in [4.69, 9.17) is 16.4 Å². The summed E-state index contributed by atoms with van der Waals surface area (Å²) in [6.45, 7) is 1.74. The van der Waals surface area contributed by atoms with Crippen molar-refractivity contribution < 1.29 is 9.63 Å². The SMILES string of the molecule is CON(C)C(=O)c1ncc(C)nc1Cl. The minimum Gasteiger partial charge on any atom is -0.274 e. The summed E-state index contributed by atoms with van der Waals surface area (Å²) in [6, 6.07) is 0. The lowest BCUT2D eigenvalue weighted by molar-refractivity contribution is -0.0760. The van der Waals surface area contributed by atoms with Crippen LogP contribution in [0.3, 0.4) is 0 Å². The maximum Gasteiger partial charge on any atom is 0.298 e. The molecule has 6 heteroatoms. The topological polar surface area (TPSA) is 55.3 Å². The first kappa shape index (κ1) is 10.9. The molecule has 0 saturated carbocycles. The second-order valence-corrected chi connectivity index (χ2v) is 2.99. The van der Waals surface area contributed by atoms with Crippen LogP contribution in [0, 0.1) is 6.92 Å². The normalized spacial score (nSPS) is 10.0. The van der Waals surface area contributed by atoms with E-state index in [-0.39, 0.29) is 10.8 Å². The summed E-state index contributed by atoms with van der Waals surface area (Å²) < 4.78 is 0. The maximum atomic E-state index is 11.5. The van der Waals surface area contributed by atoms with Crippen LogP contribution >= 0.6 is 11.6 Å². The predicted molar refractivity (Wildman–Crippen MR) is 50.9 cm³/mol. The van der Waals surface area contributed by atoms with E-state index in [2.05, 4.69) is 9.97 Å². The number of hydroxylamine groups is 2. The summed E-state index contributed by atoms with van der Waals surface area (Å²) in [5.41, 5.74) is 0.744. The monoisotopic (exact) mass is 215 g/mol. The lowest BCUT2D eigenvalue weighted by Crippen LogP contribution is -2.26. The summed E-state index contributed by atoms with van der Waals surface area (Å²) in [6.07, 6.45) is 1.47. The van der Waals surface area contributed by atoms with E-state index in [9.17, 15) is 4.79 Å². The Hall–Kier alpha value is -1.20. The molecule has 0 fully saturated rings. The molecule has 0 radical (unpaired) electrons. The molecule has 14 heavy (non-hydrogen) atoms. The third kappa shape index (κ3) is 2.18. The van der Waals surface area contributed by atoms with Gasteiger partial charge in [0, 0.05) is 13.2 Å². The smallest absolute Gasteiger partial charge is 0.274 e. The van der Waals surface area contributed by atoms with Crippen LogP contribution in [0.25, 0.3) is 0 Å². The number of carbonyl (C=O) groups is 1. The van der Waals surface area contributed by atoms with Crippen molar-refractivity contribution >= 4 is 17.5 Å². The average molecular weight is 216 g/mol. The van der Waals surface area contributed by atoms with Crippen LogP contribution in [-0.2, 0) is 4.84 Å². The quantitative estimate of drug-likeness (QED) is 0.693. The van der Waals surface area contributed by atoms with E-state index < -0.39 is 5.91 Å². The Kier molecular flexibility index (Phi) is 3.38. The maximum absolute atomic E-state index is 11.5. The van der Waals surface area contributed by atoms with Crippen molar-refractivity contribution in [1.29, 1.82) is 0 Å². The molecule has 1 aromatic rings. The largest absolute Gasteiger partial charge is 0.298 e. The van der Waals surface area contributed by atoms with Gasteiger partial charge >= 0.3 is 0 Å². The first-order valence-corrected chi connectivity index (χ1v) is 4.25. The lowest BCUT2D eigenvalue weighted by Gasteiger charge is -2.13. The van der Waals surface area contributed by atoms with Crippen LogP contribution in [0.4, 0.5) is 0 Å². The van der Waals surface area contributed by atoms with Crippen molar-refractivity contribution in [3.05, 3.63) is 22.7 Å². The molecule has 0 atom stereocenters. The van der Waals surface area contributed by atoms with Gasteiger partial charge in [-0.15, -0.1) is 0 Å². The number of nitrogens with zero attached hydrogens (tertiary/aromatic N) is 3. The van der Waals surface area contributed by atoms with Gasteiger partial charge in [-0.25, -0.2) is 15.0 Å². The van der Waals surface area contributed by atoms with Crippen LogP contribution in [-0.4, -0.2) is 35.1 Å². The highest BCUT2D eigenvalue weighted by molar-refractivity contribution is 6.32. The van der Waals surface area contributed by atoms with E-state index in [0.717, 1.165) is 5.06 Å². The van der Waals surface area contributed by atoms with E-state index in [1.165, 1.54) is 20.4 Å². The zero-order valence-electron chi connectivity index (χ0n) is 8.11. The number of carbonyl (C=O) groups excluding carboxylic acids is 1. The van der Waals surface area contributed by atoms with Gasteiger partial charge in [-0.3, -0.25) is 9.63 Å². The fraction of sp³-hybridized carbons (Fsp3) is 0.375. The fourth-order valence-corrected chi connectivity index (χ4v) is 1.09. The molecule has 0 aliphatic heterocycles. The molecule has 0 bridgehead atoms. The third-order valence-electron chi connectivity index (χ3n) is 1.61. The van der Waals surface area contributed by atoms with Crippen LogP contribution in [0.5, 0.6) is 0 Å². The molecular formula is C8H10ClN3O2. The van der Waals surface area contributed by atoms with Gasteiger partial charge in [0.15, 0.2) is 10.8 Å². The zero-order valence-corrected chi connectivity index (χ0v) is 8.87. The minimum atomic E-state index is -0.426.